The molecule has 2 aliphatic rings. The van der Waals surface area contributed by atoms with E-state index in [-0.39, 0.29) is 6.03 Å². The summed E-state index contributed by atoms with van der Waals surface area (Å²) in [7, 11) is 0. The van der Waals surface area contributed by atoms with Crippen LogP contribution in [-0.2, 0) is 0 Å². The Labute approximate surface area is 70.8 Å². The number of nitrogens with one attached hydrogen (secondary N) is 1. The largest absolute Gasteiger partial charge is 0.369 e. The number of carbonyl (C=O) groups excluding carboxylic acids is 1. The number of hydrogen-bond acceptors (Lipinski definition) is 3. The zero-order chi connectivity index (χ0) is 8.55. The van der Waals surface area contributed by atoms with Gasteiger partial charge in [0.2, 0.25) is 0 Å². The second kappa shape index (κ2) is 2.58. The van der Waals surface area contributed by atoms with Crippen LogP contribution < -0.4 is 11.1 Å². The molecule has 0 radical (unpaired) electrons. The lowest BCUT2D eigenvalue weighted by Crippen LogP contribution is -2.42. The number of primary amides is 1. The molecule has 0 saturated carbocycles. The summed E-state index contributed by atoms with van der Waals surface area (Å²) in [6.07, 6.45) is 1.78. The molecular formula is C7H12N4O. The van der Waals surface area contributed by atoms with E-state index >= 15 is 0 Å². The third-order valence-corrected chi connectivity index (χ3v) is 2.20. The molecule has 2 heterocycles. The number of nitrogens with two attached hydrogens (primary N) is 1. The predicted octanol–water partition coefficient (Wildman–Crippen LogP) is -0.915. The van der Waals surface area contributed by atoms with Crippen LogP contribution in [0.2, 0.25) is 0 Å². The number of nitrogens with zero attached hydrogens (tertiary/aromatic N) is 2. The Morgan fingerprint density at radius 2 is 2.33 bits per heavy atom. The monoisotopic (exact) mass is 168 g/mol. The maximum atomic E-state index is 10.8. The quantitative estimate of drug-likeness (QED) is 0.492. The Morgan fingerprint density at radius 3 is 3.08 bits per heavy atom. The Morgan fingerprint density at radius 1 is 1.50 bits per heavy atom. The third-order valence-electron chi connectivity index (χ3n) is 2.20. The smallest absolute Gasteiger partial charge is 0.318 e. The van der Waals surface area contributed by atoms with Crippen molar-refractivity contribution in [1.29, 1.82) is 0 Å². The highest BCUT2D eigenvalue weighted by molar-refractivity contribution is 5.73. The lowest BCUT2D eigenvalue weighted by Gasteiger charge is -2.29. The number of amides is 2. The highest BCUT2D eigenvalue weighted by atomic mass is 16.2. The molecule has 2 amide bonds. The highest BCUT2D eigenvalue weighted by Gasteiger charge is 2.23. The summed E-state index contributed by atoms with van der Waals surface area (Å²) in [6.45, 7) is 3.55. The summed E-state index contributed by atoms with van der Waals surface area (Å²) in [5.74, 6) is 1.01. The van der Waals surface area contributed by atoms with Crippen molar-refractivity contribution in [3.8, 4) is 0 Å². The standard InChI is InChI=1S/C7H12N4O/c8-7(12)11-4-3-10-2-1-9-6(10)5-11/h5,9H,1-4H2,(H2,8,12). The molecule has 0 aromatic carbocycles. The van der Waals surface area contributed by atoms with Gasteiger partial charge in [0.15, 0.2) is 0 Å². The second-order valence-corrected chi connectivity index (χ2v) is 2.96. The first kappa shape index (κ1) is 7.27. The van der Waals surface area contributed by atoms with Crippen molar-refractivity contribution in [3.05, 3.63) is 12.0 Å². The van der Waals surface area contributed by atoms with Crippen molar-refractivity contribution in [3.63, 3.8) is 0 Å². The van der Waals surface area contributed by atoms with Crippen LogP contribution in [0.3, 0.4) is 0 Å². The molecule has 0 spiro atoms. The van der Waals surface area contributed by atoms with Gasteiger partial charge in [-0.05, 0) is 0 Å². The molecular weight excluding hydrogens is 156 g/mol. The van der Waals surface area contributed by atoms with Crippen LogP contribution >= 0.6 is 0 Å². The van der Waals surface area contributed by atoms with E-state index in [1.807, 2.05) is 0 Å². The number of rotatable bonds is 0. The Balaban J connectivity index is 2.14. The van der Waals surface area contributed by atoms with Gasteiger partial charge in [0.1, 0.15) is 5.82 Å². The van der Waals surface area contributed by atoms with Gasteiger partial charge in [-0.2, -0.15) is 0 Å². The van der Waals surface area contributed by atoms with E-state index in [0.717, 1.165) is 25.5 Å². The Hall–Kier alpha value is -1.39. The molecule has 0 atom stereocenters. The van der Waals surface area contributed by atoms with E-state index in [1.165, 1.54) is 4.90 Å². The van der Waals surface area contributed by atoms with E-state index in [9.17, 15) is 4.79 Å². The zero-order valence-corrected chi connectivity index (χ0v) is 6.79. The third kappa shape index (κ3) is 1.07. The lowest BCUT2D eigenvalue weighted by atomic mass is 10.4. The average molecular weight is 168 g/mol. The van der Waals surface area contributed by atoms with Crippen LogP contribution in [0.25, 0.3) is 0 Å². The van der Waals surface area contributed by atoms with Gasteiger partial charge in [0, 0.05) is 32.4 Å². The molecule has 0 unspecified atom stereocenters. The van der Waals surface area contributed by atoms with E-state index in [1.54, 1.807) is 6.20 Å². The molecule has 0 aromatic heterocycles. The fourth-order valence-corrected chi connectivity index (χ4v) is 1.53. The summed E-state index contributed by atoms with van der Waals surface area (Å²) in [6, 6.07) is -0.379. The van der Waals surface area contributed by atoms with Crippen molar-refractivity contribution in [2.24, 2.45) is 5.73 Å². The van der Waals surface area contributed by atoms with Crippen LogP contribution in [0.5, 0.6) is 0 Å². The molecule has 5 heteroatoms. The number of hydrogen-bond donors (Lipinski definition) is 2. The summed E-state index contributed by atoms with van der Waals surface area (Å²) in [4.78, 5) is 14.5. The van der Waals surface area contributed by atoms with Crippen LogP contribution in [0.15, 0.2) is 12.0 Å². The molecule has 5 nitrogen and oxygen atoms in total. The van der Waals surface area contributed by atoms with Crippen LogP contribution in [0.1, 0.15) is 0 Å². The fourth-order valence-electron chi connectivity index (χ4n) is 1.53. The topological polar surface area (TPSA) is 61.6 Å². The molecule has 0 bridgehead atoms. The van der Waals surface area contributed by atoms with Crippen LogP contribution in [0, 0.1) is 0 Å². The minimum Gasteiger partial charge on any atom is -0.369 e. The highest BCUT2D eigenvalue weighted by Crippen LogP contribution is 2.12. The maximum Gasteiger partial charge on any atom is 0.318 e. The van der Waals surface area contributed by atoms with E-state index < -0.39 is 0 Å². The van der Waals surface area contributed by atoms with Gasteiger partial charge < -0.3 is 16.0 Å². The molecule has 1 fully saturated rings. The van der Waals surface area contributed by atoms with Crippen LogP contribution in [0.4, 0.5) is 4.79 Å². The summed E-state index contributed by atoms with van der Waals surface area (Å²) < 4.78 is 0. The molecule has 2 aliphatic heterocycles. The molecule has 0 aliphatic carbocycles. The molecule has 1 saturated heterocycles. The molecule has 2 rings (SSSR count). The lowest BCUT2D eigenvalue weighted by molar-refractivity contribution is 0.211. The van der Waals surface area contributed by atoms with Crippen molar-refractivity contribution < 1.29 is 4.79 Å². The zero-order valence-electron chi connectivity index (χ0n) is 6.79. The Bertz CT molecular complexity index is 238. The van der Waals surface area contributed by atoms with Gasteiger partial charge in [-0.25, -0.2) is 4.79 Å². The van der Waals surface area contributed by atoms with Crippen molar-refractivity contribution in [1.82, 2.24) is 15.1 Å². The minimum absolute atomic E-state index is 0.379. The van der Waals surface area contributed by atoms with E-state index in [2.05, 4.69) is 10.2 Å². The maximum absolute atomic E-state index is 10.8. The first-order chi connectivity index (χ1) is 5.77. The van der Waals surface area contributed by atoms with Crippen molar-refractivity contribution in [2.75, 3.05) is 26.2 Å². The van der Waals surface area contributed by atoms with Gasteiger partial charge in [-0.1, -0.05) is 0 Å². The first-order valence-electron chi connectivity index (χ1n) is 4.04. The Kier molecular flexibility index (Phi) is 1.56. The van der Waals surface area contributed by atoms with Crippen LogP contribution in [-0.4, -0.2) is 42.0 Å². The van der Waals surface area contributed by atoms with E-state index in [4.69, 9.17) is 5.73 Å². The number of carbonyl (C=O) groups is 1. The van der Waals surface area contributed by atoms with E-state index in [0.29, 0.717) is 6.54 Å². The molecule has 12 heavy (non-hydrogen) atoms. The minimum atomic E-state index is -0.379. The van der Waals surface area contributed by atoms with Gasteiger partial charge >= 0.3 is 6.03 Å². The molecule has 3 N–H and O–H groups in total. The first-order valence-corrected chi connectivity index (χ1v) is 4.04. The summed E-state index contributed by atoms with van der Waals surface area (Å²) in [5.41, 5.74) is 5.15. The fraction of sp³-hybridized carbons (Fsp3) is 0.571. The second-order valence-electron chi connectivity index (χ2n) is 2.96. The normalized spacial score (nSPS) is 21.5. The van der Waals surface area contributed by atoms with Crippen molar-refractivity contribution >= 4 is 6.03 Å². The molecule has 66 valence electrons. The summed E-state index contributed by atoms with van der Waals surface area (Å²) in [5, 5.41) is 3.18. The molecule has 0 aromatic rings. The van der Waals surface area contributed by atoms with Gasteiger partial charge in [-0.15, -0.1) is 0 Å². The van der Waals surface area contributed by atoms with Gasteiger partial charge in [0.25, 0.3) is 0 Å². The van der Waals surface area contributed by atoms with Gasteiger partial charge in [0.05, 0.1) is 0 Å². The number of fused-ring (bicyclic) bond motifs is 1. The predicted molar refractivity (Wildman–Crippen MR) is 43.9 cm³/mol. The average Bonchev–Trinajstić information content (AvgIpc) is 2.49. The summed E-state index contributed by atoms with van der Waals surface area (Å²) >= 11 is 0. The number of urea groups is 1. The van der Waals surface area contributed by atoms with Crippen molar-refractivity contribution in [2.45, 2.75) is 0 Å². The SMILES string of the molecule is NC(=O)N1C=C2NCCN2CC1. The van der Waals surface area contributed by atoms with Gasteiger partial charge in [-0.3, -0.25) is 4.90 Å².